The number of nitrogens with one attached hydrogen (secondary N) is 2. The van der Waals surface area contributed by atoms with Crippen molar-refractivity contribution in [3.8, 4) is 0 Å². The Bertz CT molecular complexity index is 751. The van der Waals surface area contributed by atoms with Crippen molar-refractivity contribution >= 4 is 32.5 Å². The number of primary amides is 1. The van der Waals surface area contributed by atoms with Crippen LogP contribution in [0.4, 0.5) is 5.69 Å². The maximum Gasteiger partial charge on any atom is 0.234 e. The maximum absolute atomic E-state index is 11.2. The maximum atomic E-state index is 11.2. The lowest BCUT2D eigenvalue weighted by atomic mass is 10.0. The number of fused-ring (bicyclic) bond motifs is 1. The van der Waals surface area contributed by atoms with Crippen LogP contribution in [0.3, 0.4) is 0 Å². The Morgan fingerprint density at radius 2 is 2.15 bits per heavy atom. The van der Waals surface area contributed by atoms with Crippen molar-refractivity contribution in [2.45, 2.75) is 12.5 Å². The van der Waals surface area contributed by atoms with Crippen LogP contribution in [0.5, 0.6) is 0 Å². The number of carbonyl (C=O) groups excluding carboxylic acids is 1. The number of hydrogen-bond donors (Lipinski definition) is 4. The molecule has 0 unspecified atom stereocenters. The second-order valence-corrected chi connectivity index (χ2v) is 6.41. The number of H-pyrrole nitrogens is 1. The fourth-order valence-electron chi connectivity index (χ4n) is 1.96. The highest BCUT2D eigenvalue weighted by atomic mass is 32.2. The number of hydrogen-bond acceptors (Lipinski definition) is 4. The molecule has 0 saturated carbocycles. The van der Waals surface area contributed by atoms with Crippen LogP contribution < -0.4 is 16.2 Å². The summed E-state index contributed by atoms with van der Waals surface area (Å²) in [5, 5.41) is 0.801. The molecular weight excluding hydrogens is 280 g/mol. The van der Waals surface area contributed by atoms with E-state index < -0.39 is 22.0 Å². The summed E-state index contributed by atoms with van der Waals surface area (Å²) in [5.41, 5.74) is 12.9. The smallest absolute Gasteiger partial charge is 0.234 e. The minimum atomic E-state index is -3.34. The standard InChI is InChI=1S/C12H16N4O3S/c1-20(18,19)16-8-2-3-11-9(5-8)7(6-15-11)4-10(13)12(14)17/h2-3,5-6,10,15-16H,4,13H2,1H3,(H2,14,17)/t10-/m0/s1. The lowest BCUT2D eigenvalue weighted by molar-refractivity contribution is -0.119. The van der Waals surface area contributed by atoms with Crippen molar-refractivity contribution < 1.29 is 13.2 Å². The number of aromatic amines is 1. The highest BCUT2D eigenvalue weighted by Gasteiger charge is 2.14. The first-order valence-corrected chi connectivity index (χ1v) is 7.78. The molecule has 1 heterocycles. The molecule has 1 aromatic heterocycles. The van der Waals surface area contributed by atoms with Gasteiger partial charge in [0, 0.05) is 22.8 Å². The zero-order valence-corrected chi connectivity index (χ0v) is 11.7. The summed E-state index contributed by atoms with van der Waals surface area (Å²) in [7, 11) is -3.34. The molecular formula is C12H16N4O3S. The number of benzene rings is 1. The molecule has 0 radical (unpaired) electrons. The average molecular weight is 296 g/mol. The molecule has 8 heteroatoms. The molecule has 0 spiro atoms. The Labute approximate surface area is 116 Å². The van der Waals surface area contributed by atoms with Gasteiger partial charge in [-0.25, -0.2) is 8.42 Å². The number of aromatic nitrogens is 1. The quantitative estimate of drug-likeness (QED) is 0.613. The topological polar surface area (TPSA) is 131 Å². The molecule has 1 atom stereocenters. The molecule has 0 saturated heterocycles. The Morgan fingerprint density at radius 3 is 2.75 bits per heavy atom. The van der Waals surface area contributed by atoms with Crippen LogP contribution in [-0.4, -0.2) is 31.6 Å². The van der Waals surface area contributed by atoms with E-state index in [1.165, 1.54) is 0 Å². The monoisotopic (exact) mass is 296 g/mol. The van der Waals surface area contributed by atoms with Gasteiger partial charge in [0.15, 0.2) is 0 Å². The van der Waals surface area contributed by atoms with Gasteiger partial charge >= 0.3 is 0 Å². The van der Waals surface area contributed by atoms with E-state index in [0.29, 0.717) is 5.69 Å². The Morgan fingerprint density at radius 1 is 1.45 bits per heavy atom. The molecule has 6 N–H and O–H groups in total. The second-order valence-electron chi connectivity index (χ2n) is 4.66. The predicted octanol–water partition coefficient (Wildman–Crippen LogP) is -0.105. The van der Waals surface area contributed by atoms with E-state index in [1.807, 2.05) is 0 Å². The summed E-state index contributed by atoms with van der Waals surface area (Å²) in [6.07, 6.45) is 3.10. The largest absolute Gasteiger partial charge is 0.368 e. The van der Waals surface area contributed by atoms with Gasteiger partial charge in [-0.05, 0) is 30.2 Å². The summed E-state index contributed by atoms with van der Waals surface area (Å²) in [4.78, 5) is 14.0. The van der Waals surface area contributed by atoms with E-state index >= 15 is 0 Å². The van der Waals surface area contributed by atoms with Gasteiger partial charge in [-0.1, -0.05) is 0 Å². The Hall–Kier alpha value is -2.06. The van der Waals surface area contributed by atoms with Gasteiger partial charge in [-0.15, -0.1) is 0 Å². The van der Waals surface area contributed by atoms with Crippen LogP contribution in [0.15, 0.2) is 24.4 Å². The van der Waals surface area contributed by atoms with Crippen molar-refractivity contribution in [3.63, 3.8) is 0 Å². The summed E-state index contributed by atoms with van der Waals surface area (Å²) in [6.45, 7) is 0. The first kappa shape index (κ1) is 14.4. The van der Waals surface area contributed by atoms with Gasteiger partial charge in [0.2, 0.25) is 15.9 Å². The summed E-state index contributed by atoms with van der Waals surface area (Å²) in [6, 6.07) is 4.32. The third kappa shape index (κ3) is 3.28. The number of amides is 1. The van der Waals surface area contributed by atoms with E-state index in [0.717, 1.165) is 22.7 Å². The van der Waals surface area contributed by atoms with E-state index in [1.54, 1.807) is 24.4 Å². The van der Waals surface area contributed by atoms with Crippen molar-refractivity contribution in [2.75, 3.05) is 11.0 Å². The first-order valence-electron chi connectivity index (χ1n) is 5.89. The number of rotatable bonds is 5. The third-order valence-electron chi connectivity index (χ3n) is 2.88. The molecule has 0 aliphatic carbocycles. The molecule has 1 aromatic carbocycles. The van der Waals surface area contributed by atoms with Crippen LogP contribution in [0.1, 0.15) is 5.56 Å². The average Bonchev–Trinajstić information content (AvgIpc) is 2.70. The molecule has 108 valence electrons. The van der Waals surface area contributed by atoms with Gasteiger partial charge in [-0.3, -0.25) is 9.52 Å². The minimum Gasteiger partial charge on any atom is -0.368 e. The van der Waals surface area contributed by atoms with E-state index in [9.17, 15) is 13.2 Å². The Kier molecular flexibility index (Phi) is 3.69. The normalized spacial score (nSPS) is 13.3. The molecule has 0 fully saturated rings. The Balaban J connectivity index is 2.37. The first-order chi connectivity index (χ1) is 9.26. The molecule has 7 nitrogen and oxygen atoms in total. The molecule has 1 amide bonds. The highest BCUT2D eigenvalue weighted by Crippen LogP contribution is 2.23. The second kappa shape index (κ2) is 5.14. The van der Waals surface area contributed by atoms with Gasteiger partial charge in [0.25, 0.3) is 0 Å². The van der Waals surface area contributed by atoms with E-state index in [4.69, 9.17) is 11.5 Å². The van der Waals surface area contributed by atoms with Crippen molar-refractivity contribution in [2.24, 2.45) is 11.5 Å². The van der Waals surface area contributed by atoms with Crippen LogP contribution in [0, 0.1) is 0 Å². The third-order valence-corrected chi connectivity index (χ3v) is 3.48. The fraction of sp³-hybridized carbons (Fsp3) is 0.250. The number of carbonyl (C=O) groups is 1. The van der Waals surface area contributed by atoms with Crippen LogP contribution in [0.25, 0.3) is 10.9 Å². The van der Waals surface area contributed by atoms with Crippen molar-refractivity contribution in [1.29, 1.82) is 0 Å². The molecule has 0 aliphatic rings. The highest BCUT2D eigenvalue weighted by molar-refractivity contribution is 7.92. The molecule has 0 bridgehead atoms. The lowest BCUT2D eigenvalue weighted by Crippen LogP contribution is -2.38. The number of sulfonamides is 1. The summed E-state index contributed by atoms with van der Waals surface area (Å²) < 4.78 is 24.9. The lowest BCUT2D eigenvalue weighted by Gasteiger charge is -2.07. The molecule has 20 heavy (non-hydrogen) atoms. The van der Waals surface area contributed by atoms with E-state index in [2.05, 4.69) is 9.71 Å². The summed E-state index contributed by atoms with van der Waals surface area (Å²) >= 11 is 0. The summed E-state index contributed by atoms with van der Waals surface area (Å²) in [5.74, 6) is -0.579. The van der Waals surface area contributed by atoms with Crippen LogP contribution >= 0.6 is 0 Å². The van der Waals surface area contributed by atoms with Crippen LogP contribution in [-0.2, 0) is 21.2 Å². The predicted molar refractivity (Wildman–Crippen MR) is 77.6 cm³/mol. The van der Waals surface area contributed by atoms with Gasteiger partial charge < -0.3 is 16.5 Å². The van der Waals surface area contributed by atoms with Crippen molar-refractivity contribution in [1.82, 2.24) is 4.98 Å². The fourth-order valence-corrected chi connectivity index (χ4v) is 2.52. The van der Waals surface area contributed by atoms with Crippen LogP contribution in [0.2, 0.25) is 0 Å². The molecule has 2 aromatic rings. The van der Waals surface area contributed by atoms with Gasteiger partial charge in [0.05, 0.1) is 12.3 Å². The zero-order valence-electron chi connectivity index (χ0n) is 10.9. The van der Waals surface area contributed by atoms with Crippen molar-refractivity contribution in [3.05, 3.63) is 30.0 Å². The van der Waals surface area contributed by atoms with Gasteiger partial charge in [-0.2, -0.15) is 0 Å². The number of nitrogens with two attached hydrogens (primary N) is 2. The zero-order chi connectivity index (χ0) is 14.9. The minimum absolute atomic E-state index is 0.289. The van der Waals surface area contributed by atoms with Gasteiger partial charge in [0.1, 0.15) is 0 Å². The number of anilines is 1. The molecule has 2 rings (SSSR count). The molecule has 0 aliphatic heterocycles. The van der Waals surface area contributed by atoms with E-state index in [-0.39, 0.29) is 6.42 Å². The SMILES string of the molecule is CS(=O)(=O)Nc1ccc2[nH]cc(C[C@H](N)C(N)=O)c2c1.